The van der Waals surface area contributed by atoms with Crippen molar-refractivity contribution in [2.45, 2.75) is 13.0 Å². The predicted molar refractivity (Wildman–Crippen MR) is 73.5 cm³/mol. The molecule has 0 aliphatic carbocycles. The Kier molecular flexibility index (Phi) is 4.23. The van der Waals surface area contributed by atoms with Crippen LogP contribution in [-0.2, 0) is 17.8 Å². The number of nitrogens with zero attached hydrogens (tertiary/aromatic N) is 2. The van der Waals surface area contributed by atoms with Gasteiger partial charge >= 0.3 is 0 Å². The summed E-state index contributed by atoms with van der Waals surface area (Å²) in [6, 6.07) is 8.91. The van der Waals surface area contributed by atoms with Crippen LogP contribution in [0, 0.1) is 11.3 Å². The number of thiazole rings is 1. The van der Waals surface area contributed by atoms with Gasteiger partial charge in [-0.25, -0.2) is 4.98 Å². The molecule has 96 valence electrons. The van der Waals surface area contributed by atoms with Crippen molar-refractivity contribution < 1.29 is 4.79 Å². The van der Waals surface area contributed by atoms with Gasteiger partial charge in [0.15, 0.2) is 0 Å². The summed E-state index contributed by atoms with van der Waals surface area (Å²) in [6.07, 6.45) is 0.177. The SMILES string of the molecule is N#Cc1ccccc1NC(=O)Cc1csc(CN)n1. The predicted octanol–water partition coefficient (Wildman–Crippen LogP) is 1.65. The maximum atomic E-state index is 11.9. The second-order valence-electron chi connectivity index (χ2n) is 3.82. The number of benzene rings is 1. The monoisotopic (exact) mass is 272 g/mol. The van der Waals surface area contributed by atoms with Crippen LogP contribution in [-0.4, -0.2) is 10.9 Å². The van der Waals surface area contributed by atoms with Gasteiger partial charge in [0.25, 0.3) is 0 Å². The molecule has 0 aliphatic heterocycles. The van der Waals surface area contributed by atoms with E-state index in [0.29, 0.717) is 23.5 Å². The van der Waals surface area contributed by atoms with Gasteiger partial charge < -0.3 is 11.1 Å². The van der Waals surface area contributed by atoms with Gasteiger partial charge in [0, 0.05) is 11.9 Å². The number of para-hydroxylation sites is 1. The first-order chi connectivity index (χ1) is 9.22. The van der Waals surface area contributed by atoms with E-state index in [1.54, 1.807) is 24.3 Å². The number of hydrogen-bond acceptors (Lipinski definition) is 5. The van der Waals surface area contributed by atoms with Crippen LogP contribution in [0.2, 0.25) is 0 Å². The molecule has 0 radical (unpaired) electrons. The van der Waals surface area contributed by atoms with Crippen LogP contribution in [0.4, 0.5) is 5.69 Å². The summed E-state index contributed by atoms with van der Waals surface area (Å²) in [5, 5.41) is 14.3. The van der Waals surface area contributed by atoms with Gasteiger partial charge in [-0.3, -0.25) is 4.79 Å². The van der Waals surface area contributed by atoms with Crippen LogP contribution in [0.3, 0.4) is 0 Å². The lowest BCUT2D eigenvalue weighted by atomic mass is 10.2. The number of aromatic nitrogens is 1. The Morgan fingerprint density at radius 3 is 2.95 bits per heavy atom. The van der Waals surface area contributed by atoms with Crippen LogP contribution in [0.15, 0.2) is 29.6 Å². The fraction of sp³-hybridized carbons (Fsp3) is 0.154. The van der Waals surface area contributed by atoms with E-state index in [-0.39, 0.29) is 12.3 Å². The molecule has 5 nitrogen and oxygen atoms in total. The van der Waals surface area contributed by atoms with Crippen molar-refractivity contribution in [2.24, 2.45) is 5.73 Å². The molecule has 1 amide bonds. The Morgan fingerprint density at radius 2 is 2.26 bits per heavy atom. The first kappa shape index (κ1) is 13.2. The molecule has 1 aromatic carbocycles. The minimum absolute atomic E-state index is 0.177. The number of rotatable bonds is 4. The molecular weight excluding hydrogens is 260 g/mol. The van der Waals surface area contributed by atoms with Crippen LogP contribution < -0.4 is 11.1 Å². The van der Waals surface area contributed by atoms with Crippen molar-refractivity contribution in [3.8, 4) is 6.07 Å². The average molecular weight is 272 g/mol. The Morgan fingerprint density at radius 1 is 1.47 bits per heavy atom. The van der Waals surface area contributed by atoms with Gasteiger partial charge in [-0.1, -0.05) is 12.1 Å². The smallest absolute Gasteiger partial charge is 0.230 e. The van der Waals surface area contributed by atoms with Crippen molar-refractivity contribution in [1.29, 1.82) is 5.26 Å². The topological polar surface area (TPSA) is 91.8 Å². The molecule has 0 spiro atoms. The molecule has 0 saturated heterocycles. The lowest BCUT2D eigenvalue weighted by molar-refractivity contribution is -0.115. The third kappa shape index (κ3) is 3.37. The second-order valence-corrected chi connectivity index (χ2v) is 4.76. The zero-order chi connectivity index (χ0) is 13.7. The third-order valence-electron chi connectivity index (χ3n) is 2.44. The highest BCUT2D eigenvalue weighted by Gasteiger charge is 2.09. The van der Waals surface area contributed by atoms with E-state index in [1.165, 1.54) is 11.3 Å². The van der Waals surface area contributed by atoms with Crippen molar-refractivity contribution in [3.63, 3.8) is 0 Å². The maximum absolute atomic E-state index is 11.9. The van der Waals surface area contributed by atoms with E-state index in [9.17, 15) is 4.79 Å². The van der Waals surface area contributed by atoms with Crippen molar-refractivity contribution in [1.82, 2.24) is 4.98 Å². The van der Waals surface area contributed by atoms with Gasteiger partial charge in [0.2, 0.25) is 5.91 Å². The molecular formula is C13H12N4OS. The summed E-state index contributed by atoms with van der Waals surface area (Å²) in [5.74, 6) is -0.198. The first-order valence-electron chi connectivity index (χ1n) is 5.65. The number of hydrogen-bond donors (Lipinski definition) is 2. The van der Waals surface area contributed by atoms with E-state index in [4.69, 9.17) is 11.0 Å². The third-order valence-corrected chi connectivity index (χ3v) is 3.36. The lowest BCUT2D eigenvalue weighted by Gasteiger charge is -2.05. The molecule has 2 aromatic rings. The normalized spacial score (nSPS) is 9.89. The van der Waals surface area contributed by atoms with Crippen molar-refractivity contribution in [2.75, 3.05) is 5.32 Å². The quantitative estimate of drug-likeness (QED) is 0.885. The molecule has 0 saturated carbocycles. The highest BCUT2D eigenvalue weighted by atomic mass is 32.1. The zero-order valence-electron chi connectivity index (χ0n) is 10.1. The summed E-state index contributed by atoms with van der Waals surface area (Å²) in [5.41, 5.74) is 7.12. The largest absolute Gasteiger partial charge is 0.325 e. The van der Waals surface area contributed by atoms with Gasteiger partial charge in [0.05, 0.1) is 23.4 Å². The summed E-state index contributed by atoms with van der Waals surface area (Å²) < 4.78 is 0. The minimum Gasteiger partial charge on any atom is -0.325 e. The maximum Gasteiger partial charge on any atom is 0.230 e. The highest BCUT2D eigenvalue weighted by molar-refractivity contribution is 7.09. The summed E-state index contributed by atoms with van der Waals surface area (Å²) in [6.45, 7) is 0.379. The van der Waals surface area contributed by atoms with E-state index in [2.05, 4.69) is 10.3 Å². The number of carbonyl (C=O) groups is 1. The van der Waals surface area contributed by atoms with Crippen molar-refractivity contribution >= 4 is 22.9 Å². The fourth-order valence-electron chi connectivity index (χ4n) is 1.57. The molecule has 2 rings (SSSR count). The number of amides is 1. The Hall–Kier alpha value is -2.23. The molecule has 1 heterocycles. The summed E-state index contributed by atoms with van der Waals surface area (Å²) >= 11 is 1.44. The molecule has 0 atom stereocenters. The number of nitrogens with one attached hydrogen (secondary N) is 1. The van der Waals surface area contributed by atoms with Crippen LogP contribution in [0.5, 0.6) is 0 Å². The van der Waals surface area contributed by atoms with E-state index in [1.807, 2.05) is 11.4 Å². The van der Waals surface area contributed by atoms with E-state index >= 15 is 0 Å². The van der Waals surface area contributed by atoms with E-state index in [0.717, 1.165) is 5.01 Å². The number of nitrogens with two attached hydrogens (primary N) is 1. The molecule has 1 aromatic heterocycles. The molecule has 3 N–H and O–H groups in total. The zero-order valence-corrected chi connectivity index (χ0v) is 10.9. The van der Waals surface area contributed by atoms with Crippen LogP contribution in [0.1, 0.15) is 16.3 Å². The Bertz CT molecular complexity index is 630. The molecule has 0 aliphatic rings. The standard InChI is InChI=1S/C13H12N4OS/c14-6-9-3-1-2-4-11(9)17-12(18)5-10-8-19-13(7-15)16-10/h1-4,8H,5,7,15H2,(H,17,18). The Balaban J connectivity index is 2.03. The van der Waals surface area contributed by atoms with Crippen LogP contribution >= 0.6 is 11.3 Å². The first-order valence-corrected chi connectivity index (χ1v) is 6.53. The fourth-order valence-corrected chi connectivity index (χ4v) is 2.25. The lowest BCUT2D eigenvalue weighted by Crippen LogP contribution is -2.15. The van der Waals surface area contributed by atoms with Gasteiger partial charge in [-0.2, -0.15) is 5.26 Å². The minimum atomic E-state index is -0.198. The number of nitriles is 1. The number of carbonyl (C=O) groups excluding carboxylic acids is 1. The van der Waals surface area contributed by atoms with Gasteiger partial charge in [0.1, 0.15) is 11.1 Å². The Labute approximate surface area is 114 Å². The van der Waals surface area contributed by atoms with Crippen molar-refractivity contribution in [3.05, 3.63) is 45.9 Å². The molecule has 0 bridgehead atoms. The number of anilines is 1. The van der Waals surface area contributed by atoms with Crippen LogP contribution in [0.25, 0.3) is 0 Å². The summed E-state index contributed by atoms with van der Waals surface area (Å²) in [4.78, 5) is 16.1. The molecule has 0 fully saturated rings. The van der Waals surface area contributed by atoms with E-state index < -0.39 is 0 Å². The summed E-state index contributed by atoms with van der Waals surface area (Å²) in [7, 11) is 0. The van der Waals surface area contributed by atoms with Gasteiger partial charge in [-0.05, 0) is 12.1 Å². The average Bonchev–Trinajstić information content (AvgIpc) is 2.87. The highest BCUT2D eigenvalue weighted by Crippen LogP contribution is 2.15. The second kappa shape index (κ2) is 6.09. The molecule has 0 unspecified atom stereocenters. The molecule has 19 heavy (non-hydrogen) atoms. The van der Waals surface area contributed by atoms with Gasteiger partial charge in [-0.15, -0.1) is 11.3 Å². The molecule has 6 heteroatoms.